The summed E-state index contributed by atoms with van der Waals surface area (Å²) in [6.45, 7) is 2.10. The molecule has 1 aliphatic heterocycles. The number of para-hydroxylation sites is 1. The van der Waals surface area contributed by atoms with Crippen LogP contribution in [0.3, 0.4) is 0 Å². The van der Waals surface area contributed by atoms with Crippen LogP contribution >= 0.6 is 0 Å². The zero-order valence-electron chi connectivity index (χ0n) is 13.5. The lowest BCUT2D eigenvalue weighted by Gasteiger charge is -2.23. The Balaban J connectivity index is 1.68. The number of anilines is 1. The molecule has 120 valence electrons. The van der Waals surface area contributed by atoms with Crippen LogP contribution in [0, 0.1) is 0 Å². The first-order valence-electron chi connectivity index (χ1n) is 8.13. The molecule has 4 rings (SSSR count). The number of aromatic nitrogens is 1. The van der Waals surface area contributed by atoms with Crippen molar-refractivity contribution in [1.29, 1.82) is 0 Å². The van der Waals surface area contributed by atoms with E-state index in [0.717, 1.165) is 17.5 Å². The maximum absolute atomic E-state index is 12.8. The standard InChI is InChI=1S/C20H18N2O2/c1-14-12-16-7-3-5-9-18(16)22(14)19(23)13-21-11-10-15-6-2-4-8-17(15)20(21)24/h2-11,14H,12-13H2,1H3/t14-/m1/s1. The van der Waals surface area contributed by atoms with Crippen LogP contribution in [-0.2, 0) is 17.8 Å². The van der Waals surface area contributed by atoms with Crippen molar-refractivity contribution in [1.82, 2.24) is 4.57 Å². The maximum atomic E-state index is 12.8. The molecule has 1 aliphatic rings. The van der Waals surface area contributed by atoms with Crippen LogP contribution in [-0.4, -0.2) is 16.5 Å². The van der Waals surface area contributed by atoms with Gasteiger partial charge in [-0.15, -0.1) is 0 Å². The average molecular weight is 318 g/mol. The molecular formula is C20H18N2O2. The smallest absolute Gasteiger partial charge is 0.258 e. The van der Waals surface area contributed by atoms with Crippen molar-refractivity contribution in [2.45, 2.75) is 25.9 Å². The zero-order valence-corrected chi connectivity index (χ0v) is 13.5. The van der Waals surface area contributed by atoms with E-state index in [1.165, 1.54) is 10.1 Å². The summed E-state index contributed by atoms with van der Waals surface area (Å²) in [7, 11) is 0. The van der Waals surface area contributed by atoms with Crippen LogP contribution in [0.5, 0.6) is 0 Å². The van der Waals surface area contributed by atoms with Crippen LogP contribution in [0.2, 0.25) is 0 Å². The van der Waals surface area contributed by atoms with Gasteiger partial charge in [0, 0.05) is 23.3 Å². The van der Waals surface area contributed by atoms with Gasteiger partial charge in [-0.05, 0) is 42.5 Å². The van der Waals surface area contributed by atoms with Gasteiger partial charge in [-0.1, -0.05) is 36.4 Å². The predicted molar refractivity (Wildman–Crippen MR) is 95.3 cm³/mol. The molecule has 0 spiro atoms. The van der Waals surface area contributed by atoms with E-state index in [2.05, 4.69) is 6.07 Å². The van der Waals surface area contributed by atoms with Crippen molar-refractivity contribution >= 4 is 22.4 Å². The molecule has 1 aromatic heterocycles. The Morgan fingerprint density at radius 3 is 2.71 bits per heavy atom. The third kappa shape index (κ3) is 2.31. The predicted octanol–water partition coefficient (Wildman–Crippen LogP) is 2.98. The summed E-state index contributed by atoms with van der Waals surface area (Å²) in [5.41, 5.74) is 2.02. The van der Waals surface area contributed by atoms with Gasteiger partial charge in [-0.3, -0.25) is 9.59 Å². The number of hydrogen-bond donors (Lipinski definition) is 0. The monoisotopic (exact) mass is 318 g/mol. The first-order chi connectivity index (χ1) is 11.6. The van der Waals surface area contributed by atoms with Gasteiger partial charge >= 0.3 is 0 Å². The van der Waals surface area contributed by atoms with E-state index in [0.29, 0.717) is 5.39 Å². The molecule has 0 N–H and O–H groups in total. The van der Waals surface area contributed by atoms with Gasteiger partial charge in [-0.2, -0.15) is 0 Å². The molecule has 2 aromatic carbocycles. The van der Waals surface area contributed by atoms with Gasteiger partial charge in [0.2, 0.25) is 5.91 Å². The summed E-state index contributed by atoms with van der Waals surface area (Å²) in [6, 6.07) is 17.4. The second-order valence-corrected chi connectivity index (χ2v) is 6.28. The number of benzene rings is 2. The second-order valence-electron chi connectivity index (χ2n) is 6.28. The number of carbonyl (C=O) groups excluding carboxylic acids is 1. The number of carbonyl (C=O) groups is 1. The second kappa shape index (κ2) is 5.64. The Morgan fingerprint density at radius 1 is 1.08 bits per heavy atom. The van der Waals surface area contributed by atoms with Crippen molar-refractivity contribution in [3.05, 3.63) is 76.7 Å². The number of hydrogen-bond acceptors (Lipinski definition) is 2. The van der Waals surface area contributed by atoms with Crippen LogP contribution in [0.4, 0.5) is 5.69 Å². The summed E-state index contributed by atoms with van der Waals surface area (Å²) in [5, 5.41) is 1.54. The molecule has 1 atom stereocenters. The van der Waals surface area contributed by atoms with Crippen LogP contribution < -0.4 is 10.5 Å². The first-order valence-corrected chi connectivity index (χ1v) is 8.13. The highest BCUT2D eigenvalue weighted by Gasteiger charge is 2.30. The quantitative estimate of drug-likeness (QED) is 0.729. The molecule has 3 aromatic rings. The Bertz CT molecular complexity index is 990. The van der Waals surface area contributed by atoms with Crippen molar-refractivity contribution in [3.8, 4) is 0 Å². The molecule has 4 heteroatoms. The van der Waals surface area contributed by atoms with Crippen LogP contribution in [0.25, 0.3) is 10.8 Å². The summed E-state index contributed by atoms with van der Waals surface area (Å²) in [6.07, 6.45) is 2.56. The SMILES string of the molecule is C[C@@H]1Cc2ccccc2N1C(=O)Cn1ccc2ccccc2c1=O. The van der Waals surface area contributed by atoms with Gasteiger partial charge in [-0.25, -0.2) is 0 Å². The van der Waals surface area contributed by atoms with Crippen molar-refractivity contribution in [2.24, 2.45) is 0 Å². The van der Waals surface area contributed by atoms with E-state index in [4.69, 9.17) is 0 Å². The van der Waals surface area contributed by atoms with E-state index >= 15 is 0 Å². The number of nitrogens with zero attached hydrogens (tertiary/aromatic N) is 2. The molecule has 1 amide bonds. The van der Waals surface area contributed by atoms with Crippen LogP contribution in [0.15, 0.2) is 65.6 Å². The van der Waals surface area contributed by atoms with Crippen LogP contribution in [0.1, 0.15) is 12.5 Å². The summed E-state index contributed by atoms with van der Waals surface area (Å²) >= 11 is 0. The molecule has 4 nitrogen and oxygen atoms in total. The highest BCUT2D eigenvalue weighted by Crippen LogP contribution is 2.31. The number of pyridine rings is 1. The molecule has 24 heavy (non-hydrogen) atoms. The fourth-order valence-corrected chi connectivity index (χ4v) is 3.52. The Morgan fingerprint density at radius 2 is 1.83 bits per heavy atom. The maximum Gasteiger partial charge on any atom is 0.258 e. The van der Waals surface area contributed by atoms with E-state index in [9.17, 15) is 9.59 Å². The van der Waals surface area contributed by atoms with E-state index in [-0.39, 0.29) is 24.1 Å². The van der Waals surface area contributed by atoms with Gasteiger partial charge in [0.15, 0.2) is 0 Å². The zero-order chi connectivity index (χ0) is 16.7. The average Bonchev–Trinajstić information content (AvgIpc) is 2.93. The molecular weight excluding hydrogens is 300 g/mol. The molecule has 2 heterocycles. The van der Waals surface area contributed by atoms with Gasteiger partial charge in [0.1, 0.15) is 6.54 Å². The Labute approximate surface area is 140 Å². The molecule has 0 unspecified atom stereocenters. The van der Waals surface area contributed by atoms with Gasteiger partial charge in [0.25, 0.3) is 5.56 Å². The van der Waals surface area contributed by atoms with E-state index in [1.54, 1.807) is 12.3 Å². The van der Waals surface area contributed by atoms with Crippen molar-refractivity contribution in [2.75, 3.05) is 4.90 Å². The molecule has 0 radical (unpaired) electrons. The Hall–Kier alpha value is -2.88. The minimum absolute atomic E-state index is 0.0511. The fourth-order valence-electron chi connectivity index (χ4n) is 3.52. The third-order valence-corrected chi connectivity index (χ3v) is 4.67. The summed E-state index contributed by atoms with van der Waals surface area (Å²) in [4.78, 5) is 27.3. The van der Waals surface area contributed by atoms with E-state index < -0.39 is 0 Å². The van der Waals surface area contributed by atoms with Gasteiger partial charge < -0.3 is 9.47 Å². The summed E-state index contributed by atoms with van der Waals surface area (Å²) < 4.78 is 1.50. The lowest BCUT2D eigenvalue weighted by atomic mass is 10.1. The van der Waals surface area contributed by atoms with Crippen molar-refractivity contribution < 1.29 is 4.79 Å². The number of rotatable bonds is 2. The molecule has 0 saturated heterocycles. The molecule has 0 saturated carbocycles. The number of amides is 1. The fraction of sp³-hybridized carbons (Fsp3) is 0.200. The highest BCUT2D eigenvalue weighted by atomic mass is 16.2. The minimum Gasteiger partial charge on any atom is -0.307 e. The van der Waals surface area contributed by atoms with E-state index in [1.807, 2.05) is 54.3 Å². The minimum atomic E-state index is -0.124. The lowest BCUT2D eigenvalue weighted by molar-refractivity contribution is -0.119. The topological polar surface area (TPSA) is 42.3 Å². The normalized spacial score (nSPS) is 16.4. The largest absolute Gasteiger partial charge is 0.307 e. The highest BCUT2D eigenvalue weighted by molar-refractivity contribution is 5.96. The molecule has 0 fully saturated rings. The lowest BCUT2D eigenvalue weighted by Crippen LogP contribution is -2.39. The number of fused-ring (bicyclic) bond motifs is 2. The Kier molecular flexibility index (Phi) is 3.45. The van der Waals surface area contributed by atoms with Crippen molar-refractivity contribution in [3.63, 3.8) is 0 Å². The third-order valence-electron chi connectivity index (χ3n) is 4.67. The first kappa shape index (κ1) is 14.7. The summed E-state index contributed by atoms with van der Waals surface area (Å²) in [5.74, 6) is -0.0511. The molecule has 0 bridgehead atoms. The van der Waals surface area contributed by atoms with Gasteiger partial charge in [0.05, 0.1) is 0 Å². The molecule has 0 aliphatic carbocycles.